The molecule has 0 unspecified atom stereocenters. The number of carbonyl (C=O) groups excluding carboxylic acids is 3. The maximum atomic E-state index is 12.8. The predicted molar refractivity (Wildman–Crippen MR) is 133 cm³/mol. The van der Waals surface area contributed by atoms with E-state index in [0.717, 1.165) is 26.7 Å². The Balaban J connectivity index is 1.40. The predicted octanol–water partition coefficient (Wildman–Crippen LogP) is 4.93. The Labute approximate surface area is 209 Å². The molecule has 10 heteroatoms. The number of imide groups is 1. The van der Waals surface area contributed by atoms with E-state index in [1.807, 2.05) is 18.2 Å². The number of rotatable bonds is 7. The van der Waals surface area contributed by atoms with Crippen LogP contribution in [0, 0.1) is 5.92 Å². The fraction of sp³-hybridized carbons (Fsp3) is 0.292. The van der Waals surface area contributed by atoms with Gasteiger partial charge in [0.15, 0.2) is 11.5 Å². The average Bonchev–Trinajstić information content (AvgIpc) is 3.05. The highest BCUT2D eigenvalue weighted by molar-refractivity contribution is 9.10. The van der Waals surface area contributed by atoms with E-state index in [0.29, 0.717) is 48.7 Å². The minimum atomic E-state index is -0.511. The first-order valence-electron chi connectivity index (χ1n) is 10.7. The Kier molecular flexibility index (Phi) is 7.47. The number of anilines is 1. The Bertz CT molecular complexity index is 1170. The normalized spacial score (nSPS) is 16.4. The molecule has 2 aliphatic heterocycles. The van der Waals surface area contributed by atoms with Gasteiger partial charge in [-0.3, -0.25) is 19.3 Å². The summed E-state index contributed by atoms with van der Waals surface area (Å²) in [5.41, 5.74) is 1.22. The molecule has 0 atom stereocenters. The number of nitrogens with zero attached hydrogens (tertiary/aromatic N) is 1. The van der Waals surface area contributed by atoms with E-state index in [1.54, 1.807) is 24.3 Å². The van der Waals surface area contributed by atoms with Crippen molar-refractivity contribution in [3.05, 3.63) is 51.3 Å². The zero-order valence-electron chi connectivity index (χ0n) is 18.6. The highest BCUT2D eigenvalue weighted by atomic mass is 79.9. The molecular formula is C24H23BrN2O6S. The molecule has 1 saturated heterocycles. The zero-order chi connectivity index (χ0) is 24.2. The maximum absolute atomic E-state index is 12.8. The highest BCUT2D eigenvalue weighted by Gasteiger charge is 2.36. The molecule has 8 nitrogen and oxygen atoms in total. The lowest BCUT2D eigenvalue weighted by molar-refractivity contribution is -0.127. The standard InChI is InChI=1S/C24H23BrN2O6S/c1-14(2)13-33-18-5-3-15(9-17(18)25)10-21-23(29)27(24(30)34-21)12-22(28)26-16-4-6-19-20(11-16)32-8-7-31-19/h3-6,9-11,14H,7-8,12-13H2,1-2H3,(H,26,28)/b21-10+. The second-order valence-electron chi connectivity index (χ2n) is 8.07. The van der Waals surface area contributed by atoms with E-state index in [9.17, 15) is 14.4 Å². The van der Waals surface area contributed by atoms with Gasteiger partial charge in [0, 0.05) is 11.8 Å². The van der Waals surface area contributed by atoms with Gasteiger partial charge in [-0.15, -0.1) is 0 Å². The van der Waals surface area contributed by atoms with Gasteiger partial charge in [-0.05, 0) is 69.5 Å². The van der Waals surface area contributed by atoms with Crippen molar-refractivity contribution in [2.45, 2.75) is 13.8 Å². The molecule has 0 aliphatic carbocycles. The van der Waals surface area contributed by atoms with Crippen molar-refractivity contribution < 1.29 is 28.6 Å². The molecular weight excluding hydrogens is 524 g/mol. The molecule has 0 aromatic heterocycles. The van der Waals surface area contributed by atoms with Crippen molar-refractivity contribution in [3.8, 4) is 17.2 Å². The molecule has 1 N–H and O–H groups in total. The number of halogens is 1. The number of carbonyl (C=O) groups is 3. The lowest BCUT2D eigenvalue weighted by Gasteiger charge is -2.19. The number of ether oxygens (including phenoxy) is 3. The van der Waals surface area contributed by atoms with Crippen molar-refractivity contribution in [3.63, 3.8) is 0 Å². The van der Waals surface area contributed by atoms with E-state index >= 15 is 0 Å². The summed E-state index contributed by atoms with van der Waals surface area (Å²) < 4.78 is 17.5. The quantitative estimate of drug-likeness (QED) is 0.492. The highest BCUT2D eigenvalue weighted by Crippen LogP contribution is 2.35. The molecule has 1 fully saturated rings. The van der Waals surface area contributed by atoms with Crippen molar-refractivity contribution >= 4 is 56.5 Å². The van der Waals surface area contributed by atoms with Gasteiger partial charge in [0.05, 0.1) is 16.0 Å². The first-order chi connectivity index (χ1) is 16.3. The van der Waals surface area contributed by atoms with Crippen LogP contribution in [0.2, 0.25) is 0 Å². The molecule has 2 aromatic carbocycles. The summed E-state index contributed by atoms with van der Waals surface area (Å²) in [6.45, 7) is 5.23. The molecule has 178 valence electrons. The SMILES string of the molecule is CC(C)COc1ccc(/C=C2/SC(=O)N(CC(=O)Nc3ccc4c(c3)OCCO4)C2=O)cc1Br. The molecule has 3 amide bonds. The van der Waals surface area contributed by atoms with Crippen LogP contribution in [0.4, 0.5) is 10.5 Å². The van der Waals surface area contributed by atoms with Crippen molar-refractivity contribution in [2.24, 2.45) is 5.92 Å². The van der Waals surface area contributed by atoms with Crippen LogP contribution >= 0.6 is 27.7 Å². The molecule has 0 spiro atoms. The molecule has 4 rings (SSSR count). The van der Waals surface area contributed by atoms with Crippen LogP contribution in [0.1, 0.15) is 19.4 Å². The second-order valence-corrected chi connectivity index (χ2v) is 9.92. The van der Waals surface area contributed by atoms with Gasteiger partial charge in [-0.25, -0.2) is 0 Å². The Morgan fingerprint density at radius 1 is 1.18 bits per heavy atom. The molecule has 2 aromatic rings. The Hall–Kier alpha value is -2.98. The number of amides is 3. The second kappa shape index (κ2) is 10.5. The molecule has 2 aliphatic rings. The fourth-order valence-corrected chi connectivity index (χ4v) is 4.58. The number of nitrogens with one attached hydrogen (secondary N) is 1. The van der Waals surface area contributed by atoms with Gasteiger partial charge in [-0.2, -0.15) is 0 Å². The van der Waals surface area contributed by atoms with Gasteiger partial charge in [0.2, 0.25) is 5.91 Å². The minimum Gasteiger partial charge on any atom is -0.492 e. The van der Waals surface area contributed by atoms with Crippen LogP contribution in [-0.2, 0) is 9.59 Å². The number of thioether (sulfide) groups is 1. The molecule has 0 saturated carbocycles. The smallest absolute Gasteiger partial charge is 0.294 e. The third-order valence-electron chi connectivity index (χ3n) is 4.83. The minimum absolute atomic E-state index is 0.250. The topological polar surface area (TPSA) is 94.2 Å². The number of benzene rings is 2. The summed E-state index contributed by atoms with van der Waals surface area (Å²) in [6.07, 6.45) is 1.63. The molecule has 0 bridgehead atoms. The van der Waals surface area contributed by atoms with E-state index < -0.39 is 17.1 Å². The van der Waals surface area contributed by atoms with Gasteiger partial charge in [-0.1, -0.05) is 19.9 Å². The van der Waals surface area contributed by atoms with Crippen molar-refractivity contribution in [1.29, 1.82) is 0 Å². The van der Waals surface area contributed by atoms with E-state index in [2.05, 4.69) is 35.1 Å². The van der Waals surface area contributed by atoms with E-state index in [4.69, 9.17) is 14.2 Å². The van der Waals surface area contributed by atoms with Crippen molar-refractivity contribution in [1.82, 2.24) is 4.90 Å². The first kappa shape index (κ1) is 24.2. The van der Waals surface area contributed by atoms with Gasteiger partial charge in [0.25, 0.3) is 11.1 Å². The maximum Gasteiger partial charge on any atom is 0.294 e. The van der Waals surface area contributed by atoms with Crippen LogP contribution in [0.15, 0.2) is 45.8 Å². The van der Waals surface area contributed by atoms with E-state index in [-0.39, 0.29) is 11.4 Å². The number of hydrogen-bond acceptors (Lipinski definition) is 7. The third kappa shape index (κ3) is 5.74. The van der Waals surface area contributed by atoms with Gasteiger partial charge in [0.1, 0.15) is 25.5 Å². The number of hydrogen-bond donors (Lipinski definition) is 1. The van der Waals surface area contributed by atoms with Crippen LogP contribution in [0.3, 0.4) is 0 Å². The summed E-state index contributed by atoms with van der Waals surface area (Å²) >= 11 is 4.28. The molecule has 34 heavy (non-hydrogen) atoms. The zero-order valence-corrected chi connectivity index (χ0v) is 21.0. The Morgan fingerprint density at radius 3 is 2.68 bits per heavy atom. The largest absolute Gasteiger partial charge is 0.492 e. The molecule has 0 radical (unpaired) electrons. The van der Waals surface area contributed by atoms with E-state index in [1.165, 1.54) is 0 Å². The van der Waals surface area contributed by atoms with Crippen molar-refractivity contribution in [2.75, 3.05) is 31.7 Å². The summed E-state index contributed by atoms with van der Waals surface area (Å²) in [5, 5.41) is 2.19. The van der Waals surface area contributed by atoms with Crippen LogP contribution in [0.5, 0.6) is 17.2 Å². The monoisotopic (exact) mass is 546 g/mol. The summed E-state index contributed by atoms with van der Waals surface area (Å²) in [5.74, 6) is 1.23. The number of fused-ring (bicyclic) bond motifs is 1. The summed E-state index contributed by atoms with van der Waals surface area (Å²) in [6, 6.07) is 10.5. The van der Waals surface area contributed by atoms with Crippen LogP contribution in [0.25, 0.3) is 6.08 Å². The lowest BCUT2D eigenvalue weighted by Crippen LogP contribution is -2.36. The first-order valence-corrected chi connectivity index (χ1v) is 12.3. The fourth-order valence-electron chi connectivity index (χ4n) is 3.23. The lowest BCUT2D eigenvalue weighted by atomic mass is 10.2. The van der Waals surface area contributed by atoms with Gasteiger partial charge >= 0.3 is 0 Å². The summed E-state index contributed by atoms with van der Waals surface area (Å²) in [7, 11) is 0. The van der Waals surface area contributed by atoms with Crippen LogP contribution < -0.4 is 19.5 Å². The summed E-state index contributed by atoms with van der Waals surface area (Å²) in [4.78, 5) is 38.9. The average molecular weight is 547 g/mol. The van der Waals surface area contributed by atoms with Crippen LogP contribution in [-0.4, -0.2) is 48.3 Å². The Morgan fingerprint density at radius 2 is 1.94 bits per heavy atom. The molecule has 2 heterocycles. The van der Waals surface area contributed by atoms with Gasteiger partial charge < -0.3 is 19.5 Å². The third-order valence-corrected chi connectivity index (χ3v) is 6.35.